The first kappa shape index (κ1) is 20.3. The third kappa shape index (κ3) is 4.33. The molecule has 4 nitrogen and oxygen atoms in total. The monoisotopic (exact) mass is 419 g/mol. The van der Waals surface area contributed by atoms with Crippen LogP contribution in [0.1, 0.15) is 12.5 Å². The summed E-state index contributed by atoms with van der Waals surface area (Å²) < 4.78 is 37.5. The molecule has 3 aromatic carbocycles. The lowest BCUT2D eigenvalue weighted by atomic mass is 9.99. The minimum atomic E-state index is -0.375. The Bertz CT molecular complexity index is 1270. The van der Waals surface area contributed by atoms with E-state index >= 15 is 0 Å². The van der Waals surface area contributed by atoms with Crippen LogP contribution in [0.25, 0.3) is 27.7 Å². The molecule has 0 aliphatic rings. The summed E-state index contributed by atoms with van der Waals surface area (Å²) in [5.41, 5.74) is 4.11. The first-order valence-corrected chi connectivity index (χ1v) is 9.55. The maximum atomic E-state index is 13.3. The maximum absolute atomic E-state index is 13.3. The highest BCUT2D eigenvalue weighted by Gasteiger charge is 2.15. The molecule has 1 N–H and O–H groups in total. The second kappa shape index (κ2) is 8.44. The van der Waals surface area contributed by atoms with Gasteiger partial charge in [0, 0.05) is 34.3 Å². The summed E-state index contributed by atoms with van der Waals surface area (Å²) in [6, 6.07) is 15.3. The normalized spacial score (nSPS) is 11.5. The van der Waals surface area contributed by atoms with Crippen LogP contribution >= 0.6 is 0 Å². The number of hydrogen-bond donors (Lipinski definition) is 1. The molecule has 4 rings (SSSR count). The zero-order valence-corrected chi connectivity index (χ0v) is 16.9. The van der Waals surface area contributed by atoms with Crippen molar-refractivity contribution in [3.63, 3.8) is 0 Å². The molecule has 156 valence electrons. The van der Waals surface area contributed by atoms with Gasteiger partial charge in [0.15, 0.2) is 0 Å². The van der Waals surface area contributed by atoms with Crippen molar-refractivity contribution in [2.45, 2.75) is 6.92 Å². The van der Waals surface area contributed by atoms with Crippen LogP contribution in [0.4, 0.5) is 14.5 Å². The van der Waals surface area contributed by atoms with Crippen LogP contribution in [0.5, 0.6) is 5.75 Å². The molecule has 0 atom stereocenters. The number of rotatable bonds is 5. The maximum Gasteiger partial charge on any atom is 0.248 e. The van der Waals surface area contributed by atoms with Gasteiger partial charge in [0.2, 0.25) is 5.91 Å². The van der Waals surface area contributed by atoms with Crippen molar-refractivity contribution in [3.8, 4) is 16.9 Å². The van der Waals surface area contributed by atoms with Gasteiger partial charge < -0.3 is 14.5 Å². The largest absolute Gasteiger partial charge is 0.496 e. The second-order valence-electron chi connectivity index (χ2n) is 7.03. The van der Waals surface area contributed by atoms with Crippen LogP contribution in [-0.4, -0.2) is 13.0 Å². The predicted molar refractivity (Wildman–Crippen MR) is 117 cm³/mol. The van der Waals surface area contributed by atoms with Crippen molar-refractivity contribution >= 4 is 28.1 Å². The minimum Gasteiger partial charge on any atom is -0.496 e. The number of carbonyl (C=O) groups is 1. The molecule has 1 amide bonds. The quantitative estimate of drug-likeness (QED) is 0.379. The van der Waals surface area contributed by atoms with E-state index in [1.54, 1.807) is 38.5 Å². The lowest BCUT2D eigenvalue weighted by molar-refractivity contribution is -0.111. The molecule has 1 heterocycles. The first-order valence-electron chi connectivity index (χ1n) is 9.55. The number of allylic oxidation sites excluding steroid dienone is 1. The molecule has 0 unspecified atom stereocenters. The molecular weight excluding hydrogens is 400 g/mol. The van der Waals surface area contributed by atoms with Gasteiger partial charge in [0.1, 0.15) is 23.0 Å². The van der Waals surface area contributed by atoms with E-state index < -0.39 is 0 Å². The third-order valence-electron chi connectivity index (χ3n) is 4.94. The van der Waals surface area contributed by atoms with Crippen molar-refractivity contribution in [1.82, 2.24) is 0 Å². The molecular formula is C25H19F2NO3. The molecule has 31 heavy (non-hydrogen) atoms. The fourth-order valence-corrected chi connectivity index (χ4v) is 3.37. The number of methoxy groups -OCH3 is 1. The van der Waals surface area contributed by atoms with Gasteiger partial charge in [-0.3, -0.25) is 4.79 Å². The number of halogens is 2. The SMILES string of the molecule is COc1cc2occ(-c3ccc(F)cc3)c2cc1/C(C)=C/C(=O)Nc1ccc(F)cc1. The molecule has 0 aliphatic carbocycles. The molecule has 0 radical (unpaired) electrons. The number of amides is 1. The zero-order valence-electron chi connectivity index (χ0n) is 16.9. The van der Waals surface area contributed by atoms with E-state index in [1.165, 1.54) is 42.5 Å². The van der Waals surface area contributed by atoms with Crippen molar-refractivity contribution in [3.05, 3.63) is 90.2 Å². The standard InChI is InChI=1S/C25H19F2NO3/c1-15(11-25(29)28-19-9-7-18(27)8-10-19)20-12-21-22(16-3-5-17(26)6-4-16)14-31-24(21)13-23(20)30-2/h3-14H,1-2H3,(H,28,29)/b15-11+. The number of anilines is 1. The summed E-state index contributed by atoms with van der Waals surface area (Å²) in [6.45, 7) is 1.80. The Kier molecular flexibility index (Phi) is 5.54. The Morgan fingerprint density at radius 1 is 1.00 bits per heavy atom. The Labute approximate surface area is 177 Å². The van der Waals surface area contributed by atoms with Crippen LogP contribution in [0, 0.1) is 11.6 Å². The Morgan fingerprint density at radius 2 is 1.65 bits per heavy atom. The highest BCUT2D eigenvalue weighted by atomic mass is 19.1. The van der Waals surface area contributed by atoms with Gasteiger partial charge in [-0.1, -0.05) is 12.1 Å². The third-order valence-corrected chi connectivity index (χ3v) is 4.94. The molecule has 4 aromatic rings. The van der Waals surface area contributed by atoms with Crippen LogP contribution in [0.3, 0.4) is 0 Å². The summed E-state index contributed by atoms with van der Waals surface area (Å²) in [7, 11) is 1.54. The molecule has 0 fully saturated rings. The molecule has 0 bridgehead atoms. The number of carbonyl (C=O) groups excluding carboxylic acids is 1. The fourth-order valence-electron chi connectivity index (χ4n) is 3.37. The van der Waals surface area contributed by atoms with E-state index in [9.17, 15) is 13.6 Å². The summed E-state index contributed by atoms with van der Waals surface area (Å²) in [5, 5.41) is 3.52. The lowest BCUT2D eigenvalue weighted by Crippen LogP contribution is -2.08. The van der Waals surface area contributed by atoms with Crippen LogP contribution in [-0.2, 0) is 4.79 Å². The molecule has 0 saturated carbocycles. The van der Waals surface area contributed by atoms with Gasteiger partial charge in [-0.15, -0.1) is 0 Å². The number of ether oxygens (including phenoxy) is 1. The lowest BCUT2D eigenvalue weighted by Gasteiger charge is -2.10. The highest BCUT2D eigenvalue weighted by molar-refractivity contribution is 6.05. The van der Waals surface area contributed by atoms with E-state index in [-0.39, 0.29) is 17.5 Å². The number of fused-ring (bicyclic) bond motifs is 1. The Hall–Kier alpha value is -3.93. The van der Waals surface area contributed by atoms with Crippen LogP contribution < -0.4 is 10.1 Å². The summed E-state index contributed by atoms with van der Waals surface area (Å²) in [6.07, 6.45) is 3.06. The predicted octanol–water partition coefficient (Wildman–Crippen LogP) is 6.43. The van der Waals surface area contributed by atoms with Crippen LogP contribution in [0.2, 0.25) is 0 Å². The Morgan fingerprint density at radius 3 is 2.29 bits per heavy atom. The Balaban J connectivity index is 1.70. The topological polar surface area (TPSA) is 51.5 Å². The molecule has 0 spiro atoms. The van der Waals surface area contributed by atoms with Gasteiger partial charge in [-0.25, -0.2) is 8.78 Å². The second-order valence-corrected chi connectivity index (χ2v) is 7.03. The average molecular weight is 419 g/mol. The van der Waals surface area contributed by atoms with E-state index in [2.05, 4.69) is 5.32 Å². The van der Waals surface area contributed by atoms with Gasteiger partial charge in [-0.05, 0) is 60.5 Å². The molecule has 0 saturated heterocycles. The highest BCUT2D eigenvalue weighted by Crippen LogP contribution is 2.37. The summed E-state index contributed by atoms with van der Waals surface area (Å²) >= 11 is 0. The fraction of sp³-hybridized carbons (Fsp3) is 0.0800. The van der Waals surface area contributed by atoms with E-state index in [0.717, 1.165) is 16.5 Å². The molecule has 1 aromatic heterocycles. The van der Waals surface area contributed by atoms with Gasteiger partial charge >= 0.3 is 0 Å². The number of nitrogens with one attached hydrogen (secondary N) is 1. The smallest absolute Gasteiger partial charge is 0.248 e. The van der Waals surface area contributed by atoms with Gasteiger partial charge in [0.25, 0.3) is 0 Å². The van der Waals surface area contributed by atoms with Crippen LogP contribution in [0.15, 0.2) is 77.4 Å². The van der Waals surface area contributed by atoms with Crippen molar-refractivity contribution in [2.24, 2.45) is 0 Å². The zero-order chi connectivity index (χ0) is 22.0. The number of benzene rings is 3. The van der Waals surface area contributed by atoms with Crippen molar-refractivity contribution < 1.29 is 22.7 Å². The summed E-state index contributed by atoms with van der Waals surface area (Å²) in [5.74, 6) is -0.488. The van der Waals surface area contributed by atoms with Gasteiger partial charge in [-0.2, -0.15) is 0 Å². The van der Waals surface area contributed by atoms with Crippen molar-refractivity contribution in [2.75, 3.05) is 12.4 Å². The van der Waals surface area contributed by atoms with E-state index in [4.69, 9.17) is 9.15 Å². The van der Waals surface area contributed by atoms with E-state index in [1.807, 2.05) is 6.07 Å². The summed E-state index contributed by atoms with van der Waals surface area (Å²) in [4.78, 5) is 12.4. The number of furan rings is 1. The first-order chi connectivity index (χ1) is 14.9. The molecule has 6 heteroatoms. The number of hydrogen-bond acceptors (Lipinski definition) is 3. The molecule has 0 aliphatic heterocycles. The average Bonchev–Trinajstić information content (AvgIpc) is 3.17. The van der Waals surface area contributed by atoms with E-state index in [0.29, 0.717) is 28.2 Å². The minimum absolute atomic E-state index is 0.315. The van der Waals surface area contributed by atoms with Gasteiger partial charge in [0.05, 0.1) is 13.4 Å². The van der Waals surface area contributed by atoms with Crippen molar-refractivity contribution in [1.29, 1.82) is 0 Å².